The summed E-state index contributed by atoms with van der Waals surface area (Å²) in [4.78, 5) is 18.0. The maximum absolute atomic E-state index is 10.7. The Morgan fingerprint density at radius 3 is 1.87 bits per heavy atom. The molecule has 0 fully saturated rings. The molecule has 6 nitrogen and oxygen atoms in total. The highest BCUT2D eigenvalue weighted by Crippen LogP contribution is 2.45. The van der Waals surface area contributed by atoms with E-state index in [0.717, 1.165) is 13.2 Å². The third kappa shape index (κ3) is 16.0. The molecule has 2 N–H and O–H groups in total. The maximum Gasteiger partial charge on any atom is 0.472 e. The molecule has 0 heterocycles. The average molecular weight is 240 g/mol. The molecule has 0 spiro atoms. The van der Waals surface area contributed by atoms with E-state index in [1.54, 1.807) is 20.8 Å². The molecule has 0 aromatic carbocycles. The van der Waals surface area contributed by atoms with E-state index >= 15 is 0 Å². The predicted molar refractivity (Wildman–Crippen MR) is 55.5 cm³/mol. The van der Waals surface area contributed by atoms with Crippen molar-refractivity contribution in [1.82, 2.24) is 0 Å². The smallest absolute Gasteiger partial charge is 0.472 e. The Kier molecular flexibility index (Phi) is 7.52. The summed E-state index contributed by atoms with van der Waals surface area (Å²) in [6.45, 7) is 7.99. The van der Waals surface area contributed by atoms with E-state index in [0.29, 0.717) is 0 Å². The molecule has 0 amide bonds. The van der Waals surface area contributed by atoms with Crippen LogP contribution in [0, 0.1) is 0 Å². The molecule has 1 atom stereocenters. The van der Waals surface area contributed by atoms with Crippen LogP contribution in [-0.4, -0.2) is 28.7 Å². The van der Waals surface area contributed by atoms with Crippen LogP contribution in [-0.2, 0) is 18.4 Å². The van der Waals surface area contributed by atoms with Crippen molar-refractivity contribution in [3.8, 4) is 0 Å². The van der Waals surface area contributed by atoms with Gasteiger partial charge in [-0.1, -0.05) is 6.58 Å². The van der Waals surface area contributed by atoms with Crippen molar-refractivity contribution in [2.24, 2.45) is 0 Å². The minimum atomic E-state index is -3.79. The molecule has 0 saturated heterocycles. The van der Waals surface area contributed by atoms with Crippen LogP contribution >= 0.6 is 7.82 Å². The minimum Gasteiger partial charge on any atom is -0.478 e. The monoisotopic (exact) mass is 240 g/mol. The molecule has 7 heteroatoms. The molecule has 0 radical (unpaired) electrons. The van der Waals surface area contributed by atoms with Gasteiger partial charge in [-0.2, -0.15) is 0 Å². The van der Waals surface area contributed by atoms with Gasteiger partial charge in [0.1, 0.15) is 0 Å². The summed E-state index contributed by atoms with van der Waals surface area (Å²) < 4.78 is 19.6. The summed E-state index contributed by atoms with van der Waals surface area (Å²) >= 11 is 0. The van der Waals surface area contributed by atoms with E-state index in [1.165, 1.54) is 0 Å². The van der Waals surface area contributed by atoms with Crippen LogP contribution in [0.25, 0.3) is 0 Å². The number of phosphoric acid groups is 1. The molecular weight excluding hydrogens is 223 g/mol. The summed E-state index contributed by atoms with van der Waals surface area (Å²) in [5.41, 5.74) is -0.652. The van der Waals surface area contributed by atoms with Gasteiger partial charge in [0.2, 0.25) is 0 Å². The summed E-state index contributed by atoms with van der Waals surface area (Å²) in [7, 11) is -2.66. The Morgan fingerprint density at radius 1 is 1.47 bits per heavy atom. The van der Waals surface area contributed by atoms with Gasteiger partial charge in [0.25, 0.3) is 0 Å². The molecule has 0 aliphatic heterocycles. The molecule has 90 valence electrons. The SMILES string of the molecule is C=CC(=O)O.COP(=O)(O)OC(C)(C)C. The third-order valence-corrected chi connectivity index (χ3v) is 2.03. The van der Waals surface area contributed by atoms with E-state index in [9.17, 15) is 9.36 Å². The molecule has 0 aromatic rings. The first-order valence-corrected chi connectivity index (χ1v) is 5.48. The molecule has 1 unspecified atom stereocenters. The lowest BCUT2D eigenvalue weighted by atomic mass is 10.2. The Hall–Kier alpha value is -0.680. The number of carboxylic acids is 1. The van der Waals surface area contributed by atoms with Crippen molar-refractivity contribution >= 4 is 13.8 Å². The van der Waals surface area contributed by atoms with Crippen LogP contribution in [0.5, 0.6) is 0 Å². The lowest BCUT2D eigenvalue weighted by Crippen LogP contribution is -2.17. The summed E-state index contributed by atoms with van der Waals surface area (Å²) in [5.74, 6) is -0.981. The van der Waals surface area contributed by atoms with Crippen LogP contribution in [0.1, 0.15) is 20.8 Å². The fraction of sp³-hybridized carbons (Fsp3) is 0.625. The highest BCUT2D eigenvalue weighted by atomic mass is 31.2. The molecule has 0 rings (SSSR count). The Morgan fingerprint density at radius 2 is 1.80 bits per heavy atom. The zero-order valence-corrected chi connectivity index (χ0v) is 10.2. The van der Waals surface area contributed by atoms with Gasteiger partial charge in [-0.25, -0.2) is 9.36 Å². The Balaban J connectivity index is 0. The number of hydrogen-bond donors (Lipinski definition) is 2. The first-order valence-electron chi connectivity index (χ1n) is 3.98. The second-order valence-electron chi connectivity index (χ2n) is 3.40. The van der Waals surface area contributed by atoms with Gasteiger partial charge in [-0.3, -0.25) is 9.05 Å². The van der Waals surface area contributed by atoms with Gasteiger partial charge in [-0.05, 0) is 20.8 Å². The van der Waals surface area contributed by atoms with Gasteiger partial charge >= 0.3 is 13.8 Å². The number of phosphoric ester groups is 1. The van der Waals surface area contributed by atoms with Crippen LogP contribution in [0.2, 0.25) is 0 Å². The van der Waals surface area contributed by atoms with E-state index in [2.05, 4.69) is 15.6 Å². The highest BCUT2D eigenvalue weighted by Gasteiger charge is 2.26. The zero-order valence-electron chi connectivity index (χ0n) is 9.26. The van der Waals surface area contributed by atoms with Crippen molar-refractivity contribution in [2.45, 2.75) is 26.4 Å². The van der Waals surface area contributed by atoms with E-state index in [1.807, 2.05) is 0 Å². The normalized spacial score (nSPS) is 14.5. The number of aliphatic carboxylic acids is 1. The second-order valence-corrected chi connectivity index (χ2v) is 4.88. The van der Waals surface area contributed by atoms with Gasteiger partial charge in [0.05, 0.1) is 5.60 Å². The number of rotatable bonds is 3. The van der Waals surface area contributed by atoms with Gasteiger partial charge < -0.3 is 10.00 Å². The summed E-state index contributed by atoms with van der Waals surface area (Å²) in [6.07, 6.45) is 0.833. The Bertz CT molecular complexity index is 254. The average Bonchev–Trinajstić information content (AvgIpc) is 2.01. The van der Waals surface area contributed by atoms with Crippen LogP contribution in [0.15, 0.2) is 12.7 Å². The summed E-state index contributed by atoms with van der Waals surface area (Å²) in [5, 5.41) is 7.60. The largest absolute Gasteiger partial charge is 0.478 e. The molecule has 0 aliphatic rings. The van der Waals surface area contributed by atoms with E-state index in [4.69, 9.17) is 10.00 Å². The molecule has 15 heavy (non-hydrogen) atoms. The topological polar surface area (TPSA) is 93.1 Å². The van der Waals surface area contributed by atoms with Gasteiger partial charge in [0, 0.05) is 13.2 Å². The van der Waals surface area contributed by atoms with Crippen molar-refractivity contribution in [3.63, 3.8) is 0 Å². The van der Waals surface area contributed by atoms with Crippen molar-refractivity contribution < 1.29 is 28.4 Å². The van der Waals surface area contributed by atoms with Gasteiger partial charge in [-0.15, -0.1) is 0 Å². The molecule has 0 saturated carbocycles. The third-order valence-electron chi connectivity index (χ3n) is 0.795. The highest BCUT2D eigenvalue weighted by molar-refractivity contribution is 7.47. The van der Waals surface area contributed by atoms with Crippen molar-refractivity contribution in [3.05, 3.63) is 12.7 Å². The van der Waals surface area contributed by atoms with Crippen LogP contribution < -0.4 is 0 Å². The lowest BCUT2D eigenvalue weighted by molar-refractivity contribution is -0.131. The quantitative estimate of drug-likeness (QED) is 0.577. The maximum atomic E-state index is 10.7. The number of carbonyl (C=O) groups is 1. The molecule has 0 bridgehead atoms. The molecule has 0 aromatic heterocycles. The van der Waals surface area contributed by atoms with Crippen molar-refractivity contribution in [1.29, 1.82) is 0 Å². The fourth-order valence-corrected chi connectivity index (χ4v) is 1.15. The van der Waals surface area contributed by atoms with Crippen LogP contribution in [0.4, 0.5) is 0 Å². The van der Waals surface area contributed by atoms with E-state index < -0.39 is 19.4 Å². The van der Waals surface area contributed by atoms with E-state index in [-0.39, 0.29) is 0 Å². The lowest BCUT2D eigenvalue weighted by Gasteiger charge is -2.21. The van der Waals surface area contributed by atoms with Crippen molar-refractivity contribution in [2.75, 3.05) is 7.11 Å². The first kappa shape index (κ1) is 16.7. The minimum absolute atomic E-state index is 0.652. The predicted octanol–water partition coefficient (Wildman–Crippen LogP) is 1.81. The van der Waals surface area contributed by atoms with Crippen LogP contribution in [0.3, 0.4) is 0 Å². The fourth-order valence-electron chi connectivity index (χ4n) is 0.383. The first-order chi connectivity index (χ1) is 6.54. The Labute approximate surface area is 89.1 Å². The number of carboxylic acid groups (broad SMARTS) is 1. The number of hydrogen-bond acceptors (Lipinski definition) is 4. The summed E-state index contributed by atoms with van der Waals surface area (Å²) in [6, 6.07) is 0. The standard InChI is InChI=1S/C5H13O4P.C3H4O2/c1-5(2,3)9-10(6,7)8-4;1-2-3(4)5/h1-4H3,(H,6,7);2H,1H2,(H,4,5). The molecular formula is C8H17O6P. The second kappa shape index (κ2) is 6.74. The zero-order chi connectivity index (χ0) is 12.7. The van der Waals surface area contributed by atoms with Gasteiger partial charge in [0.15, 0.2) is 0 Å². The molecule has 0 aliphatic carbocycles.